The zero-order valence-electron chi connectivity index (χ0n) is 5.01. The number of nitrogens with zero attached hydrogens (tertiary/aromatic N) is 1. The second-order valence-electron chi connectivity index (χ2n) is 2.40. The number of rotatable bonds is 0. The van der Waals surface area contributed by atoms with E-state index in [4.69, 9.17) is 5.73 Å². The third kappa shape index (κ3) is 1.70. The lowest BCUT2D eigenvalue weighted by molar-refractivity contribution is 0.341. The average Bonchev–Trinajstić information content (AvgIpc) is 1.64. The van der Waals surface area contributed by atoms with Gasteiger partial charge in [-0.3, -0.25) is 4.67 Å². The molecule has 1 rings (SSSR count). The number of nitrogens with two attached hydrogens (primary N) is 1. The Hall–Kier alpha value is 0.350. The summed E-state index contributed by atoms with van der Waals surface area (Å²) in [5.74, 6) is 0. The van der Waals surface area contributed by atoms with Gasteiger partial charge in [-0.1, -0.05) is 9.39 Å². The SMILES string of the molecule is N[C@H]1CCCN(P)C1. The molecule has 1 fully saturated rings. The first kappa shape index (κ1) is 6.47. The molecule has 0 aliphatic carbocycles. The van der Waals surface area contributed by atoms with Crippen LogP contribution in [0.1, 0.15) is 12.8 Å². The predicted molar refractivity (Wildman–Crippen MR) is 38.5 cm³/mol. The molecule has 0 saturated carbocycles. The van der Waals surface area contributed by atoms with Crippen molar-refractivity contribution in [2.24, 2.45) is 5.73 Å². The first-order valence-corrected chi connectivity index (χ1v) is 3.56. The van der Waals surface area contributed by atoms with Gasteiger partial charge in [0, 0.05) is 19.1 Å². The maximum Gasteiger partial charge on any atom is 0.0171 e. The topological polar surface area (TPSA) is 29.3 Å². The Bertz CT molecular complexity index is 68.8. The summed E-state index contributed by atoms with van der Waals surface area (Å²) in [4.78, 5) is 0. The lowest BCUT2D eigenvalue weighted by Crippen LogP contribution is -2.37. The molecule has 1 heterocycles. The molecule has 0 aromatic rings. The molecule has 2 nitrogen and oxygen atoms in total. The van der Waals surface area contributed by atoms with E-state index in [9.17, 15) is 0 Å². The molecule has 1 saturated heterocycles. The molecule has 0 radical (unpaired) electrons. The van der Waals surface area contributed by atoms with Crippen LogP contribution in [-0.2, 0) is 0 Å². The van der Waals surface area contributed by atoms with Gasteiger partial charge >= 0.3 is 0 Å². The van der Waals surface area contributed by atoms with Gasteiger partial charge in [-0.15, -0.1) is 0 Å². The van der Waals surface area contributed by atoms with E-state index in [1.54, 1.807) is 0 Å². The molecule has 48 valence electrons. The van der Waals surface area contributed by atoms with Gasteiger partial charge in [0.05, 0.1) is 0 Å². The normalized spacial score (nSPS) is 33.0. The predicted octanol–water partition coefficient (Wildman–Crippen LogP) is 0.200. The van der Waals surface area contributed by atoms with Crippen molar-refractivity contribution in [3.05, 3.63) is 0 Å². The Morgan fingerprint density at radius 2 is 2.38 bits per heavy atom. The lowest BCUT2D eigenvalue weighted by atomic mass is 10.1. The molecule has 3 heteroatoms. The molecule has 2 atom stereocenters. The summed E-state index contributed by atoms with van der Waals surface area (Å²) in [5.41, 5.74) is 5.67. The van der Waals surface area contributed by atoms with Crippen molar-refractivity contribution in [3.8, 4) is 0 Å². The smallest absolute Gasteiger partial charge is 0.0171 e. The van der Waals surface area contributed by atoms with Gasteiger partial charge in [0.25, 0.3) is 0 Å². The third-order valence-electron chi connectivity index (χ3n) is 1.49. The minimum Gasteiger partial charge on any atom is -0.327 e. The summed E-state index contributed by atoms with van der Waals surface area (Å²) in [5, 5.41) is 0. The van der Waals surface area contributed by atoms with Crippen LogP contribution in [-0.4, -0.2) is 23.8 Å². The van der Waals surface area contributed by atoms with Crippen LogP contribution in [0.3, 0.4) is 0 Å². The Balaban J connectivity index is 2.23. The van der Waals surface area contributed by atoms with Crippen molar-refractivity contribution in [1.82, 2.24) is 4.67 Å². The highest BCUT2D eigenvalue weighted by molar-refractivity contribution is 7.13. The van der Waals surface area contributed by atoms with E-state index in [-0.39, 0.29) is 0 Å². The first-order valence-electron chi connectivity index (χ1n) is 3.04. The molecule has 0 amide bonds. The van der Waals surface area contributed by atoms with Crippen LogP contribution in [0, 0.1) is 0 Å². The highest BCUT2D eigenvalue weighted by Crippen LogP contribution is 2.10. The molecule has 1 unspecified atom stereocenters. The maximum atomic E-state index is 5.67. The van der Waals surface area contributed by atoms with E-state index in [0.29, 0.717) is 6.04 Å². The van der Waals surface area contributed by atoms with Gasteiger partial charge in [0.2, 0.25) is 0 Å². The number of hydrogen-bond donors (Lipinski definition) is 1. The molecule has 1 aliphatic rings. The monoisotopic (exact) mass is 132 g/mol. The van der Waals surface area contributed by atoms with Crippen molar-refractivity contribution < 1.29 is 0 Å². The highest BCUT2D eigenvalue weighted by Gasteiger charge is 2.11. The van der Waals surface area contributed by atoms with Crippen LogP contribution in [0.5, 0.6) is 0 Å². The van der Waals surface area contributed by atoms with Crippen LogP contribution < -0.4 is 5.73 Å². The number of piperidine rings is 1. The summed E-state index contributed by atoms with van der Waals surface area (Å²) in [6.07, 6.45) is 2.45. The first-order chi connectivity index (χ1) is 3.79. The van der Waals surface area contributed by atoms with E-state index in [0.717, 1.165) is 6.54 Å². The second-order valence-corrected chi connectivity index (χ2v) is 3.13. The fraction of sp³-hybridized carbons (Fsp3) is 1.00. The van der Waals surface area contributed by atoms with Crippen molar-refractivity contribution in [1.29, 1.82) is 0 Å². The minimum absolute atomic E-state index is 0.418. The molecule has 2 N–H and O–H groups in total. The third-order valence-corrected chi connectivity index (χ3v) is 1.96. The van der Waals surface area contributed by atoms with Crippen molar-refractivity contribution in [3.63, 3.8) is 0 Å². The summed E-state index contributed by atoms with van der Waals surface area (Å²) in [6, 6.07) is 0.418. The molecule has 1 aliphatic heterocycles. The molecular weight excluding hydrogens is 119 g/mol. The molecule has 0 aromatic heterocycles. The van der Waals surface area contributed by atoms with Gasteiger partial charge in [-0.25, -0.2) is 0 Å². The molecule has 0 bridgehead atoms. The van der Waals surface area contributed by atoms with Crippen molar-refractivity contribution >= 4 is 9.39 Å². The van der Waals surface area contributed by atoms with Gasteiger partial charge in [0.15, 0.2) is 0 Å². The van der Waals surface area contributed by atoms with E-state index >= 15 is 0 Å². The van der Waals surface area contributed by atoms with Crippen molar-refractivity contribution in [2.45, 2.75) is 18.9 Å². The molecule has 0 spiro atoms. The Morgan fingerprint density at radius 3 is 2.75 bits per heavy atom. The average molecular weight is 132 g/mol. The van der Waals surface area contributed by atoms with E-state index in [1.807, 2.05) is 0 Å². The summed E-state index contributed by atoms with van der Waals surface area (Å²) in [7, 11) is 2.68. The zero-order valence-corrected chi connectivity index (χ0v) is 6.16. The van der Waals surface area contributed by atoms with E-state index in [1.165, 1.54) is 19.4 Å². The Labute approximate surface area is 52.7 Å². The summed E-state index contributed by atoms with van der Waals surface area (Å²) >= 11 is 0. The van der Waals surface area contributed by atoms with Crippen LogP contribution in [0.4, 0.5) is 0 Å². The van der Waals surface area contributed by atoms with Gasteiger partial charge in [0.1, 0.15) is 0 Å². The number of hydrogen-bond acceptors (Lipinski definition) is 2. The van der Waals surface area contributed by atoms with E-state index in [2.05, 4.69) is 14.1 Å². The van der Waals surface area contributed by atoms with Gasteiger partial charge in [-0.05, 0) is 12.8 Å². The zero-order chi connectivity index (χ0) is 5.98. The maximum absolute atomic E-state index is 5.67. The highest BCUT2D eigenvalue weighted by atomic mass is 31.0. The standard InChI is InChI=1S/C5H13N2P/c6-5-2-1-3-7(8)4-5/h5H,1-4,6,8H2/t5-/m0/s1. The molecule has 8 heavy (non-hydrogen) atoms. The second kappa shape index (κ2) is 2.77. The summed E-state index contributed by atoms with van der Waals surface area (Å²) < 4.78 is 2.20. The van der Waals surface area contributed by atoms with Crippen molar-refractivity contribution in [2.75, 3.05) is 13.1 Å². The van der Waals surface area contributed by atoms with Gasteiger partial charge in [-0.2, -0.15) is 0 Å². The van der Waals surface area contributed by atoms with Crippen LogP contribution >= 0.6 is 9.39 Å². The van der Waals surface area contributed by atoms with Crippen LogP contribution in [0.2, 0.25) is 0 Å². The lowest BCUT2D eigenvalue weighted by Gasteiger charge is -2.26. The van der Waals surface area contributed by atoms with Gasteiger partial charge < -0.3 is 5.73 Å². The van der Waals surface area contributed by atoms with Crippen LogP contribution in [0.15, 0.2) is 0 Å². The fourth-order valence-electron chi connectivity index (χ4n) is 1.04. The summed E-state index contributed by atoms with van der Waals surface area (Å²) in [6.45, 7) is 2.24. The quantitative estimate of drug-likeness (QED) is 0.477. The Morgan fingerprint density at radius 1 is 1.62 bits per heavy atom. The largest absolute Gasteiger partial charge is 0.327 e. The Kier molecular flexibility index (Phi) is 2.24. The van der Waals surface area contributed by atoms with Crippen LogP contribution in [0.25, 0.3) is 0 Å². The molecular formula is C5H13N2P. The minimum atomic E-state index is 0.418. The fourth-order valence-corrected chi connectivity index (χ4v) is 1.49. The molecule has 0 aromatic carbocycles. The van der Waals surface area contributed by atoms with E-state index < -0.39 is 0 Å².